The Balaban J connectivity index is 1.95. The molecular formula is C20H18FNO3. The highest BCUT2D eigenvalue weighted by Crippen LogP contribution is 2.37. The summed E-state index contributed by atoms with van der Waals surface area (Å²) < 4.78 is 13.7. The van der Waals surface area contributed by atoms with Gasteiger partial charge in [0, 0.05) is 6.54 Å². The summed E-state index contributed by atoms with van der Waals surface area (Å²) in [4.78, 5) is 25.9. The van der Waals surface area contributed by atoms with E-state index in [2.05, 4.69) is 0 Å². The average Bonchev–Trinajstić information content (AvgIpc) is 2.85. The van der Waals surface area contributed by atoms with Crippen LogP contribution in [0.5, 0.6) is 0 Å². The number of amides is 1. The van der Waals surface area contributed by atoms with Gasteiger partial charge in [-0.05, 0) is 36.6 Å². The van der Waals surface area contributed by atoms with Gasteiger partial charge in [0.15, 0.2) is 11.5 Å². The third kappa shape index (κ3) is 3.31. The second-order valence-electron chi connectivity index (χ2n) is 6.01. The lowest BCUT2D eigenvalue weighted by atomic mass is 9.96. The van der Waals surface area contributed by atoms with Gasteiger partial charge in [0.2, 0.25) is 0 Å². The van der Waals surface area contributed by atoms with Gasteiger partial charge in [0.1, 0.15) is 5.82 Å². The molecule has 0 saturated carbocycles. The molecule has 0 aliphatic carbocycles. The molecule has 0 aromatic heterocycles. The van der Waals surface area contributed by atoms with Crippen LogP contribution in [0.3, 0.4) is 0 Å². The van der Waals surface area contributed by atoms with Crippen molar-refractivity contribution in [2.75, 3.05) is 6.54 Å². The van der Waals surface area contributed by atoms with E-state index < -0.39 is 29.3 Å². The van der Waals surface area contributed by atoms with Crippen LogP contribution in [0, 0.1) is 5.82 Å². The zero-order valence-electron chi connectivity index (χ0n) is 13.8. The molecule has 0 spiro atoms. The largest absolute Gasteiger partial charge is 0.503 e. The third-order valence-electron chi connectivity index (χ3n) is 4.33. The molecule has 4 nitrogen and oxygen atoms in total. The van der Waals surface area contributed by atoms with E-state index in [0.29, 0.717) is 18.5 Å². The zero-order chi connectivity index (χ0) is 18.0. The highest BCUT2D eigenvalue weighted by Gasteiger charge is 2.42. The number of Topliss-reactive ketones (excluding diaryl/α,β-unsaturated/α-hetero) is 1. The van der Waals surface area contributed by atoms with Gasteiger partial charge >= 0.3 is 0 Å². The van der Waals surface area contributed by atoms with Crippen molar-refractivity contribution in [3.05, 3.63) is 82.9 Å². The third-order valence-corrected chi connectivity index (χ3v) is 4.33. The summed E-state index contributed by atoms with van der Waals surface area (Å²) in [5, 5.41) is 10.2. The summed E-state index contributed by atoms with van der Waals surface area (Å²) in [6, 6.07) is 14.6. The van der Waals surface area contributed by atoms with E-state index in [0.717, 1.165) is 5.56 Å². The van der Waals surface area contributed by atoms with Crippen molar-refractivity contribution in [1.82, 2.24) is 4.90 Å². The van der Waals surface area contributed by atoms with Crippen molar-refractivity contribution in [2.24, 2.45) is 0 Å². The van der Waals surface area contributed by atoms with Crippen molar-refractivity contribution in [2.45, 2.75) is 19.4 Å². The fourth-order valence-corrected chi connectivity index (χ4v) is 3.16. The maximum absolute atomic E-state index is 13.7. The second-order valence-corrected chi connectivity index (χ2v) is 6.01. The summed E-state index contributed by atoms with van der Waals surface area (Å²) in [6.45, 7) is 1.61. The van der Waals surface area contributed by atoms with Crippen molar-refractivity contribution < 1.29 is 19.1 Å². The summed E-state index contributed by atoms with van der Waals surface area (Å²) in [5.74, 6) is -2.00. The van der Waals surface area contributed by atoms with Crippen LogP contribution in [0.4, 0.5) is 4.39 Å². The van der Waals surface area contributed by atoms with Crippen LogP contribution >= 0.6 is 0 Å². The highest BCUT2D eigenvalue weighted by atomic mass is 19.1. The molecule has 2 aromatic carbocycles. The summed E-state index contributed by atoms with van der Waals surface area (Å²) in [6.07, 6.45) is 0.566. The van der Waals surface area contributed by atoms with Crippen LogP contribution in [0.2, 0.25) is 0 Å². The van der Waals surface area contributed by atoms with Crippen molar-refractivity contribution in [3.63, 3.8) is 0 Å². The standard InChI is InChI=1S/C20H18FNO3/c1-13(23)17-18(15-8-5-9-16(21)12-15)22(20(25)19(17)24)11-10-14-6-3-2-4-7-14/h2-9,12,18,24H,10-11H2,1H3/t18-/m1/s1. The summed E-state index contributed by atoms with van der Waals surface area (Å²) in [7, 11) is 0. The molecule has 1 aliphatic rings. The normalized spacial score (nSPS) is 17.3. The lowest BCUT2D eigenvalue weighted by molar-refractivity contribution is -0.129. The van der Waals surface area contributed by atoms with E-state index in [-0.39, 0.29) is 5.57 Å². The number of carbonyl (C=O) groups excluding carboxylic acids is 2. The Kier molecular flexibility index (Phi) is 4.65. The minimum atomic E-state index is -0.774. The fourth-order valence-electron chi connectivity index (χ4n) is 3.16. The number of aliphatic hydroxyl groups excluding tert-OH is 1. The first kappa shape index (κ1) is 16.9. The van der Waals surface area contributed by atoms with E-state index in [1.54, 1.807) is 6.07 Å². The predicted molar refractivity (Wildman–Crippen MR) is 91.3 cm³/mol. The molecular weight excluding hydrogens is 321 g/mol. The van der Waals surface area contributed by atoms with Crippen LogP contribution in [-0.2, 0) is 16.0 Å². The first-order valence-electron chi connectivity index (χ1n) is 8.03. The molecule has 5 heteroatoms. The Morgan fingerprint density at radius 3 is 2.52 bits per heavy atom. The lowest BCUT2D eigenvalue weighted by Crippen LogP contribution is -2.33. The SMILES string of the molecule is CC(=O)C1=C(O)C(=O)N(CCc2ccccc2)[C@@H]1c1cccc(F)c1. The molecule has 1 N–H and O–H groups in total. The van der Waals surface area contributed by atoms with Gasteiger partial charge in [-0.1, -0.05) is 42.5 Å². The van der Waals surface area contributed by atoms with Crippen LogP contribution in [0.1, 0.15) is 24.1 Å². The maximum atomic E-state index is 13.7. The second kappa shape index (κ2) is 6.89. The minimum absolute atomic E-state index is 0.0173. The molecule has 128 valence electrons. The van der Waals surface area contributed by atoms with Crippen molar-refractivity contribution in [1.29, 1.82) is 0 Å². The Hall–Kier alpha value is -2.95. The Morgan fingerprint density at radius 2 is 1.88 bits per heavy atom. The molecule has 1 amide bonds. The quantitative estimate of drug-likeness (QED) is 0.909. The van der Waals surface area contributed by atoms with E-state index >= 15 is 0 Å². The molecule has 1 atom stereocenters. The fraction of sp³-hybridized carbons (Fsp3) is 0.200. The van der Waals surface area contributed by atoms with Crippen molar-refractivity contribution >= 4 is 11.7 Å². The van der Waals surface area contributed by atoms with Crippen LogP contribution in [0.15, 0.2) is 65.9 Å². The monoisotopic (exact) mass is 339 g/mol. The van der Waals surface area contributed by atoms with Crippen LogP contribution in [0.25, 0.3) is 0 Å². The van der Waals surface area contributed by atoms with Gasteiger partial charge in [0.05, 0.1) is 11.6 Å². The molecule has 0 radical (unpaired) electrons. The number of hydrogen-bond acceptors (Lipinski definition) is 3. The molecule has 25 heavy (non-hydrogen) atoms. The van der Waals surface area contributed by atoms with E-state index in [1.807, 2.05) is 30.3 Å². The molecule has 0 fully saturated rings. The lowest BCUT2D eigenvalue weighted by Gasteiger charge is -2.26. The van der Waals surface area contributed by atoms with Gasteiger partial charge < -0.3 is 10.0 Å². The van der Waals surface area contributed by atoms with E-state index in [9.17, 15) is 19.1 Å². The molecule has 0 saturated heterocycles. The Bertz CT molecular complexity index is 845. The topological polar surface area (TPSA) is 57.6 Å². The Morgan fingerprint density at radius 1 is 1.16 bits per heavy atom. The molecule has 2 aromatic rings. The van der Waals surface area contributed by atoms with Gasteiger partial charge in [0.25, 0.3) is 5.91 Å². The van der Waals surface area contributed by atoms with E-state index in [1.165, 1.54) is 30.0 Å². The minimum Gasteiger partial charge on any atom is -0.503 e. The van der Waals surface area contributed by atoms with E-state index in [4.69, 9.17) is 0 Å². The van der Waals surface area contributed by atoms with Crippen LogP contribution < -0.4 is 0 Å². The average molecular weight is 339 g/mol. The van der Waals surface area contributed by atoms with Gasteiger partial charge in [-0.2, -0.15) is 0 Å². The van der Waals surface area contributed by atoms with Gasteiger partial charge in [-0.15, -0.1) is 0 Å². The first-order chi connectivity index (χ1) is 12.0. The summed E-state index contributed by atoms with van der Waals surface area (Å²) in [5.41, 5.74) is 1.52. The number of rotatable bonds is 5. The van der Waals surface area contributed by atoms with Gasteiger partial charge in [-0.25, -0.2) is 4.39 Å². The number of ketones is 1. The number of benzene rings is 2. The molecule has 1 heterocycles. The van der Waals surface area contributed by atoms with Gasteiger partial charge in [-0.3, -0.25) is 9.59 Å². The van der Waals surface area contributed by atoms with Crippen molar-refractivity contribution in [3.8, 4) is 0 Å². The number of halogens is 1. The number of hydrogen-bond donors (Lipinski definition) is 1. The predicted octanol–water partition coefficient (Wildman–Crippen LogP) is 3.35. The number of carbonyl (C=O) groups is 2. The molecule has 0 unspecified atom stereocenters. The number of nitrogens with zero attached hydrogens (tertiary/aromatic N) is 1. The molecule has 0 bridgehead atoms. The summed E-state index contributed by atoms with van der Waals surface area (Å²) >= 11 is 0. The van der Waals surface area contributed by atoms with Crippen LogP contribution in [-0.4, -0.2) is 28.2 Å². The zero-order valence-corrected chi connectivity index (χ0v) is 13.8. The molecule has 1 aliphatic heterocycles. The smallest absolute Gasteiger partial charge is 0.290 e. The first-order valence-corrected chi connectivity index (χ1v) is 8.03. The maximum Gasteiger partial charge on any atom is 0.290 e. The Labute approximate surface area is 145 Å². The molecule has 3 rings (SSSR count). The highest BCUT2D eigenvalue weighted by molar-refractivity contribution is 6.08. The number of aliphatic hydroxyl groups is 1.